The highest BCUT2D eigenvalue weighted by Gasteiger charge is 2.22. The van der Waals surface area contributed by atoms with Gasteiger partial charge >= 0.3 is 0 Å². The molecule has 0 saturated heterocycles. The van der Waals surface area contributed by atoms with Gasteiger partial charge in [0.25, 0.3) is 0 Å². The van der Waals surface area contributed by atoms with Crippen molar-refractivity contribution in [3.05, 3.63) is 24.8 Å². The molecule has 0 spiro atoms. The van der Waals surface area contributed by atoms with Crippen molar-refractivity contribution < 1.29 is 0 Å². The van der Waals surface area contributed by atoms with Gasteiger partial charge in [-0.1, -0.05) is 32.1 Å². The van der Waals surface area contributed by atoms with Crippen LogP contribution in [0.15, 0.2) is 24.8 Å². The van der Waals surface area contributed by atoms with Crippen LogP contribution in [0.4, 0.5) is 0 Å². The second-order valence-corrected chi connectivity index (χ2v) is 4.45. The van der Waals surface area contributed by atoms with Crippen molar-refractivity contribution >= 4 is 0 Å². The summed E-state index contributed by atoms with van der Waals surface area (Å²) < 4.78 is 0. The molecule has 0 saturated carbocycles. The monoisotopic (exact) mass is 195 g/mol. The molecule has 0 radical (unpaired) electrons. The van der Waals surface area contributed by atoms with Gasteiger partial charge in [-0.25, -0.2) is 0 Å². The predicted molar refractivity (Wildman–Crippen MR) is 65.5 cm³/mol. The first-order chi connectivity index (χ1) is 6.49. The van der Waals surface area contributed by atoms with Gasteiger partial charge in [0.05, 0.1) is 0 Å². The van der Waals surface area contributed by atoms with Gasteiger partial charge in [-0.2, -0.15) is 0 Å². The van der Waals surface area contributed by atoms with Gasteiger partial charge < -0.3 is 5.32 Å². The van der Waals surface area contributed by atoms with E-state index in [4.69, 9.17) is 0 Å². The van der Waals surface area contributed by atoms with Gasteiger partial charge in [-0.05, 0) is 39.2 Å². The van der Waals surface area contributed by atoms with Crippen LogP contribution in [-0.2, 0) is 0 Å². The average Bonchev–Trinajstić information content (AvgIpc) is 2.16. The molecule has 0 aromatic carbocycles. The number of rotatable bonds is 7. The van der Waals surface area contributed by atoms with Crippen LogP contribution in [0.5, 0.6) is 0 Å². The van der Waals surface area contributed by atoms with Crippen molar-refractivity contribution in [2.24, 2.45) is 5.92 Å². The van der Waals surface area contributed by atoms with Crippen LogP contribution in [0.1, 0.15) is 40.0 Å². The summed E-state index contributed by atoms with van der Waals surface area (Å²) in [5.41, 5.74) is 1.47. The third-order valence-corrected chi connectivity index (χ3v) is 3.12. The highest BCUT2D eigenvalue weighted by molar-refractivity contribution is 5.07. The van der Waals surface area contributed by atoms with E-state index in [-0.39, 0.29) is 5.54 Å². The average molecular weight is 195 g/mol. The smallest absolute Gasteiger partial charge is 0.0221 e. The van der Waals surface area contributed by atoms with Crippen LogP contribution in [0.2, 0.25) is 0 Å². The van der Waals surface area contributed by atoms with Crippen molar-refractivity contribution in [1.82, 2.24) is 5.32 Å². The summed E-state index contributed by atoms with van der Waals surface area (Å²) >= 11 is 0. The maximum absolute atomic E-state index is 4.17. The van der Waals surface area contributed by atoms with E-state index in [0.717, 1.165) is 12.8 Å². The first kappa shape index (κ1) is 13.4. The number of hydrogen-bond acceptors (Lipinski definition) is 1. The molecular formula is C13H25N. The lowest BCUT2D eigenvalue weighted by molar-refractivity contribution is 0.371. The van der Waals surface area contributed by atoms with E-state index in [9.17, 15) is 0 Å². The van der Waals surface area contributed by atoms with Gasteiger partial charge in [0, 0.05) is 5.54 Å². The van der Waals surface area contributed by atoms with Gasteiger partial charge in [0.1, 0.15) is 0 Å². The molecule has 0 aliphatic carbocycles. The Balaban J connectivity index is 4.30. The van der Waals surface area contributed by atoms with Crippen LogP contribution in [0, 0.1) is 5.92 Å². The zero-order valence-electron chi connectivity index (χ0n) is 10.2. The zero-order valence-corrected chi connectivity index (χ0v) is 10.2. The molecule has 0 aromatic heterocycles. The molecule has 2 unspecified atom stereocenters. The largest absolute Gasteiger partial charge is 0.314 e. The minimum Gasteiger partial charge on any atom is -0.314 e. The van der Waals surface area contributed by atoms with Crippen molar-refractivity contribution in [3.8, 4) is 0 Å². The minimum absolute atomic E-state index is 0.127. The summed E-state index contributed by atoms with van der Waals surface area (Å²) in [6.45, 7) is 14.6. The summed E-state index contributed by atoms with van der Waals surface area (Å²) in [6.07, 6.45) is 5.16. The summed E-state index contributed by atoms with van der Waals surface area (Å²) in [6, 6.07) is 0. The molecule has 0 aliphatic heterocycles. The summed E-state index contributed by atoms with van der Waals surface area (Å²) in [7, 11) is 2.01. The van der Waals surface area contributed by atoms with Crippen molar-refractivity contribution in [1.29, 1.82) is 0 Å². The molecular weight excluding hydrogens is 170 g/mol. The number of nitrogens with one attached hydrogen (secondary N) is 1. The maximum Gasteiger partial charge on any atom is 0.0221 e. The van der Waals surface area contributed by atoms with Gasteiger partial charge in [-0.3, -0.25) is 0 Å². The fourth-order valence-electron chi connectivity index (χ4n) is 1.55. The maximum atomic E-state index is 4.17. The first-order valence-corrected chi connectivity index (χ1v) is 5.46. The minimum atomic E-state index is 0.127. The Morgan fingerprint density at radius 1 is 1.57 bits per heavy atom. The highest BCUT2D eigenvalue weighted by Crippen LogP contribution is 2.25. The fraction of sp³-hybridized carbons (Fsp3) is 0.692. The Bertz CT molecular complexity index is 195. The second-order valence-electron chi connectivity index (χ2n) is 4.45. The second kappa shape index (κ2) is 6.02. The zero-order chi connectivity index (χ0) is 11.2. The summed E-state index contributed by atoms with van der Waals surface area (Å²) in [5.74, 6) is 0.618. The van der Waals surface area contributed by atoms with E-state index in [1.54, 1.807) is 0 Å². The van der Waals surface area contributed by atoms with Crippen molar-refractivity contribution in [2.75, 3.05) is 7.05 Å². The van der Waals surface area contributed by atoms with Gasteiger partial charge in [0.15, 0.2) is 0 Å². The highest BCUT2D eigenvalue weighted by atomic mass is 14.9. The third kappa shape index (κ3) is 4.10. The molecule has 82 valence electrons. The van der Waals surface area contributed by atoms with Crippen LogP contribution in [-0.4, -0.2) is 12.6 Å². The molecule has 1 heteroatoms. The molecule has 0 heterocycles. The van der Waals surface area contributed by atoms with Crippen LogP contribution in [0.25, 0.3) is 0 Å². The molecule has 2 atom stereocenters. The molecule has 1 N–H and O–H groups in total. The Kier molecular flexibility index (Phi) is 5.78. The molecule has 0 aromatic rings. The molecule has 1 nitrogen and oxygen atoms in total. The van der Waals surface area contributed by atoms with E-state index in [1.807, 2.05) is 13.1 Å². The molecule has 0 bridgehead atoms. The molecule has 14 heavy (non-hydrogen) atoms. The van der Waals surface area contributed by atoms with E-state index in [1.165, 1.54) is 12.0 Å². The Labute approximate surface area is 89.3 Å². The first-order valence-electron chi connectivity index (χ1n) is 5.46. The van der Waals surface area contributed by atoms with Gasteiger partial charge in [-0.15, -0.1) is 6.58 Å². The normalized spacial score (nSPS) is 17.1. The van der Waals surface area contributed by atoms with E-state index in [2.05, 4.69) is 39.2 Å². The number of hydrogen-bond donors (Lipinski definition) is 1. The molecule has 0 rings (SSSR count). The van der Waals surface area contributed by atoms with E-state index in [0.29, 0.717) is 5.92 Å². The lowest BCUT2D eigenvalue weighted by Crippen LogP contribution is -2.39. The standard InChI is InChI=1S/C13H25N/c1-7-9-13(5,14-6)10-12(4)11(3)8-2/h7,11,14H,1,4,8-10H2,2-3,5-6H3. The fourth-order valence-corrected chi connectivity index (χ4v) is 1.55. The Hall–Kier alpha value is -0.560. The lowest BCUT2D eigenvalue weighted by Gasteiger charge is -2.30. The quantitative estimate of drug-likeness (QED) is 0.613. The van der Waals surface area contributed by atoms with E-state index < -0.39 is 0 Å². The summed E-state index contributed by atoms with van der Waals surface area (Å²) in [5, 5.41) is 3.36. The third-order valence-electron chi connectivity index (χ3n) is 3.12. The summed E-state index contributed by atoms with van der Waals surface area (Å²) in [4.78, 5) is 0. The topological polar surface area (TPSA) is 12.0 Å². The van der Waals surface area contributed by atoms with Crippen LogP contribution >= 0.6 is 0 Å². The molecule has 0 aliphatic rings. The van der Waals surface area contributed by atoms with Crippen LogP contribution in [0.3, 0.4) is 0 Å². The lowest BCUT2D eigenvalue weighted by atomic mass is 9.85. The van der Waals surface area contributed by atoms with Crippen molar-refractivity contribution in [3.63, 3.8) is 0 Å². The Morgan fingerprint density at radius 2 is 2.14 bits per heavy atom. The predicted octanol–water partition coefficient (Wildman–Crippen LogP) is 3.53. The van der Waals surface area contributed by atoms with Gasteiger partial charge in [0.2, 0.25) is 0 Å². The van der Waals surface area contributed by atoms with Crippen molar-refractivity contribution in [2.45, 2.75) is 45.6 Å². The van der Waals surface area contributed by atoms with Crippen LogP contribution < -0.4 is 5.32 Å². The Morgan fingerprint density at radius 3 is 2.50 bits per heavy atom. The molecule has 0 fully saturated rings. The molecule has 0 amide bonds. The SMILES string of the molecule is C=CCC(C)(CC(=C)C(C)CC)NC. The van der Waals surface area contributed by atoms with E-state index >= 15 is 0 Å².